The number of rotatable bonds is 15. The molecule has 220 valence electrons. The zero-order valence-corrected chi connectivity index (χ0v) is 22.0. The smallest absolute Gasteiger partial charge is 0.303 e. The van der Waals surface area contributed by atoms with E-state index in [2.05, 4.69) is 20.7 Å². The minimum absolute atomic E-state index is 0.0470. The number of ether oxygens (including phenoxy) is 3. The second-order valence-corrected chi connectivity index (χ2v) is 9.08. The van der Waals surface area contributed by atoms with Crippen molar-refractivity contribution in [2.24, 2.45) is 10.8 Å². The lowest BCUT2D eigenvalue weighted by atomic mass is 9.97. The molecule has 3 amide bonds. The van der Waals surface area contributed by atoms with Crippen molar-refractivity contribution in [2.45, 2.75) is 82.1 Å². The van der Waals surface area contributed by atoms with Gasteiger partial charge in [0.15, 0.2) is 6.29 Å². The average Bonchev–Trinajstić information content (AvgIpc) is 2.92. The van der Waals surface area contributed by atoms with Gasteiger partial charge < -0.3 is 45.9 Å². The molecule has 1 aromatic carbocycles. The summed E-state index contributed by atoms with van der Waals surface area (Å²) in [5.74, 6) is -3.73. The number of amides is 3. The summed E-state index contributed by atoms with van der Waals surface area (Å²) in [6.07, 6.45) is -7.24. The van der Waals surface area contributed by atoms with Gasteiger partial charge >= 0.3 is 5.97 Å². The molecule has 1 aliphatic heterocycles. The van der Waals surface area contributed by atoms with Gasteiger partial charge in [0.2, 0.25) is 17.7 Å². The minimum atomic E-state index is -1.52. The lowest BCUT2D eigenvalue weighted by molar-refractivity contribution is -0.279. The van der Waals surface area contributed by atoms with Gasteiger partial charge in [-0.3, -0.25) is 19.2 Å². The van der Waals surface area contributed by atoms with E-state index in [4.69, 9.17) is 30.6 Å². The van der Waals surface area contributed by atoms with E-state index >= 15 is 0 Å². The first kappa shape index (κ1) is 32.4. The maximum Gasteiger partial charge on any atom is 0.303 e. The highest BCUT2D eigenvalue weighted by Crippen LogP contribution is 2.28. The third kappa shape index (κ3) is 9.44. The Morgan fingerprint density at radius 1 is 1.18 bits per heavy atom. The fourth-order valence-corrected chi connectivity index (χ4v) is 3.83. The van der Waals surface area contributed by atoms with Crippen LogP contribution in [-0.2, 0) is 40.0 Å². The van der Waals surface area contributed by atoms with Crippen LogP contribution >= 0.6 is 0 Å². The molecular formula is C24H34N6O10. The third-order valence-electron chi connectivity index (χ3n) is 6.05. The zero-order valence-electron chi connectivity index (χ0n) is 22.0. The number of hydrogen-bond donors (Lipinski definition) is 6. The van der Waals surface area contributed by atoms with E-state index in [1.165, 1.54) is 13.8 Å². The number of aliphatic carboxylic acids is 1. The number of azide groups is 1. The predicted octanol–water partition coefficient (Wildman–Crippen LogP) is -0.926. The Morgan fingerprint density at radius 3 is 2.42 bits per heavy atom. The Morgan fingerprint density at radius 2 is 1.85 bits per heavy atom. The summed E-state index contributed by atoms with van der Waals surface area (Å²) in [5.41, 5.74) is 15.1. The number of benzene rings is 1. The SMILES string of the molecule is C[C@H](NC(=O)[C@@H](C)O[C@@H]1C(N=[N+]=[N-])[C@@H](OCc2ccccc2)O[C@H](CO)[C@H]1O)C(=O)N[C@H](CCC(=O)O)C(N)=O. The number of carbonyl (C=O) groups is 4. The molecule has 0 spiro atoms. The van der Waals surface area contributed by atoms with Crippen molar-refractivity contribution < 1.29 is 48.7 Å². The van der Waals surface area contributed by atoms with Gasteiger partial charge in [-0.25, -0.2) is 0 Å². The highest BCUT2D eigenvalue weighted by molar-refractivity contribution is 5.92. The van der Waals surface area contributed by atoms with Gasteiger partial charge in [0.1, 0.15) is 42.5 Å². The van der Waals surface area contributed by atoms with E-state index in [1.54, 1.807) is 24.3 Å². The van der Waals surface area contributed by atoms with Gasteiger partial charge in [-0.2, -0.15) is 0 Å². The van der Waals surface area contributed by atoms with Crippen LogP contribution in [0.2, 0.25) is 0 Å². The molecule has 1 aliphatic rings. The number of aliphatic hydroxyl groups is 2. The molecule has 1 fully saturated rings. The lowest BCUT2D eigenvalue weighted by Crippen LogP contribution is -2.61. The van der Waals surface area contributed by atoms with Crippen LogP contribution in [0.15, 0.2) is 35.4 Å². The lowest BCUT2D eigenvalue weighted by Gasteiger charge is -2.43. The summed E-state index contributed by atoms with van der Waals surface area (Å²) >= 11 is 0. The fraction of sp³-hybridized carbons (Fsp3) is 0.583. The molecule has 0 radical (unpaired) electrons. The molecule has 1 aromatic rings. The monoisotopic (exact) mass is 566 g/mol. The van der Waals surface area contributed by atoms with Crippen LogP contribution in [0.4, 0.5) is 0 Å². The summed E-state index contributed by atoms with van der Waals surface area (Å²) in [6, 6.07) is 5.28. The van der Waals surface area contributed by atoms with Crippen LogP contribution < -0.4 is 16.4 Å². The Balaban J connectivity index is 2.08. The van der Waals surface area contributed by atoms with E-state index in [-0.39, 0.29) is 13.0 Å². The summed E-state index contributed by atoms with van der Waals surface area (Å²) < 4.78 is 17.1. The number of nitrogens with zero attached hydrogens (tertiary/aromatic N) is 3. The number of nitrogens with one attached hydrogen (secondary N) is 2. The van der Waals surface area contributed by atoms with Gasteiger partial charge in [0, 0.05) is 11.3 Å². The maximum absolute atomic E-state index is 12.8. The maximum atomic E-state index is 12.8. The summed E-state index contributed by atoms with van der Waals surface area (Å²) in [5, 5.41) is 37.6. The van der Waals surface area contributed by atoms with Crippen LogP contribution in [0.3, 0.4) is 0 Å². The first-order chi connectivity index (χ1) is 19.0. The van der Waals surface area contributed by atoms with Crippen LogP contribution in [0, 0.1) is 0 Å². The summed E-state index contributed by atoms with van der Waals surface area (Å²) in [4.78, 5) is 50.4. The van der Waals surface area contributed by atoms with Gasteiger partial charge in [-0.15, -0.1) is 0 Å². The Hall–Kier alpha value is -3.79. The van der Waals surface area contributed by atoms with Gasteiger partial charge in [-0.05, 0) is 31.4 Å². The van der Waals surface area contributed by atoms with Crippen molar-refractivity contribution in [2.75, 3.05) is 6.61 Å². The molecule has 7 N–H and O–H groups in total. The zero-order chi connectivity index (χ0) is 29.8. The van der Waals surface area contributed by atoms with Crippen LogP contribution in [0.1, 0.15) is 32.3 Å². The second kappa shape index (κ2) is 15.7. The molecule has 0 aliphatic carbocycles. The average molecular weight is 567 g/mol. The first-order valence-electron chi connectivity index (χ1n) is 12.4. The highest BCUT2D eigenvalue weighted by atomic mass is 16.7. The molecule has 0 aromatic heterocycles. The molecule has 2 rings (SSSR count). The molecule has 1 heterocycles. The van der Waals surface area contributed by atoms with E-state index in [0.717, 1.165) is 5.56 Å². The predicted molar refractivity (Wildman–Crippen MR) is 136 cm³/mol. The van der Waals surface area contributed by atoms with Crippen LogP contribution in [0.5, 0.6) is 0 Å². The second-order valence-electron chi connectivity index (χ2n) is 9.08. The normalized spacial score (nSPS) is 24.6. The van der Waals surface area contributed by atoms with Gasteiger partial charge in [0.25, 0.3) is 0 Å². The Labute approximate surface area is 229 Å². The molecule has 40 heavy (non-hydrogen) atoms. The molecule has 0 bridgehead atoms. The van der Waals surface area contributed by atoms with Gasteiger partial charge in [0.05, 0.1) is 13.2 Å². The van der Waals surface area contributed by atoms with Crippen LogP contribution in [0.25, 0.3) is 10.4 Å². The molecule has 1 saturated heterocycles. The Kier molecular flexibility index (Phi) is 12.7. The molecule has 16 heteroatoms. The summed E-state index contributed by atoms with van der Waals surface area (Å²) in [6.45, 7) is 2.06. The van der Waals surface area contributed by atoms with Crippen molar-refractivity contribution in [1.29, 1.82) is 0 Å². The van der Waals surface area contributed by atoms with Crippen molar-refractivity contribution in [1.82, 2.24) is 10.6 Å². The molecular weight excluding hydrogens is 532 g/mol. The third-order valence-corrected chi connectivity index (χ3v) is 6.05. The summed E-state index contributed by atoms with van der Waals surface area (Å²) in [7, 11) is 0. The molecule has 8 atom stereocenters. The fourth-order valence-electron chi connectivity index (χ4n) is 3.83. The number of carboxylic acids is 1. The number of primary amides is 1. The van der Waals surface area contributed by atoms with Crippen LogP contribution in [-0.4, -0.2) is 94.4 Å². The van der Waals surface area contributed by atoms with Crippen molar-refractivity contribution >= 4 is 23.7 Å². The van der Waals surface area contributed by atoms with E-state index < -0.39 is 85.5 Å². The van der Waals surface area contributed by atoms with Gasteiger partial charge in [-0.1, -0.05) is 35.4 Å². The highest BCUT2D eigenvalue weighted by Gasteiger charge is 2.47. The van der Waals surface area contributed by atoms with Crippen molar-refractivity contribution in [3.63, 3.8) is 0 Å². The van der Waals surface area contributed by atoms with Crippen molar-refractivity contribution in [3.8, 4) is 0 Å². The number of carbonyl (C=O) groups excluding carboxylic acids is 3. The molecule has 0 saturated carbocycles. The van der Waals surface area contributed by atoms with E-state index in [1.807, 2.05) is 6.07 Å². The molecule has 1 unspecified atom stereocenters. The molecule has 16 nitrogen and oxygen atoms in total. The van der Waals surface area contributed by atoms with E-state index in [0.29, 0.717) is 0 Å². The number of hydrogen-bond acceptors (Lipinski definition) is 10. The minimum Gasteiger partial charge on any atom is -0.481 e. The topological polar surface area (TPSA) is 255 Å². The largest absolute Gasteiger partial charge is 0.481 e. The quantitative estimate of drug-likeness (QED) is 0.0863. The first-order valence-corrected chi connectivity index (χ1v) is 12.4. The standard InChI is InChI=1S/C24H34N6O10/c1-12(22(36)28-15(21(25)35)8-9-17(32)33)27-23(37)13(2)39-20-18(29-30-26)24(40-16(10-31)19(20)34)38-11-14-6-4-3-5-7-14/h3-7,12-13,15-16,18-20,24,31,34H,8-11H2,1-2H3,(H2,25,35)(H,27,37)(H,28,36)(H,32,33)/t12-,13+,15+,16+,18?,19+,20+,24-/m0/s1. The number of aliphatic hydroxyl groups excluding tert-OH is 2. The van der Waals surface area contributed by atoms with Crippen molar-refractivity contribution in [3.05, 3.63) is 46.3 Å². The Bertz CT molecular complexity index is 1070. The van der Waals surface area contributed by atoms with E-state index in [9.17, 15) is 29.4 Å². The number of nitrogens with two attached hydrogens (primary N) is 1. The number of carboxylic acid groups (broad SMARTS) is 1.